The van der Waals surface area contributed by atoms with Crippen molar-refractivity contribution in [3.8, 4) is 6.07 Å². The van der Waals surface area contributed by atoms with Gasteiger partial charge in [-0.15, -0.1) is 0 Å². The van der Waals surface area contributed by atoms with Gasteiger partial charge in [0.1, 0.15) is 0 Å². The van der Waals surface area contributed by atoms with Gasteiger partial charge in [0.15, 0.2) is 0 Å². The Balaban J connectivity index is 1.91. The van der Waals surface area contributed by atoms with Crippen LogP contribution < -0.4 is 10.5 Å². The lowest BCUT2D eigenvalue weighted by Gasteiger charge is -2.30. The van der Waals surface area contributed by atoms with E-state index in [4.69, 9.17) is 16.6 Å². The van der Waals surface area contributed by atoms with Gasteiger partial charge in [-0.25, -0.2) is 4.98 Å². The summed E-state index contributed by atoms with van der Waals surface area (Å²) in [5.41, 5.74) is 1.90. The van der Waals surface area contributed by atoms with Crippen LogP contribution in [0, 0.1) is 11.3 Å². The van der Waals surface area contributed by atoms with Gasteiger partial charge in [0.05, 0.1) is 29.1 Å². The summed E-state index contributed by atoms with van der Waals surface area (Å²) in [6.45, 7) is 2.07. The third-order valence-electron chi connectivity index (χ3n) is 5.00. The van der Waals surface area contributed by atoms with E-state index in [1.165, 1.54) is 6.42 Å². The Kier molecular flexibility index (Phi) is 4.83. The van der Waals surface area contributed by atoms with E-state index in [9.17, 15) is 10.1 Å². The Morgan fingerprint density at radius 2 is 1.89 bits per heavy atom. The van der Waals surface area contributed by atoms with E-state index in [2.05, 4.69) is 11.0 Å². The second-order valence-corrected chi connectivity index (χ2v) is 7.22. The molecule has 27 heavy (non-hydrogen) atoms. The predicted molar refractivity (Wildman–Crippen MR) is 107 cm³/mol. The van der Waals surface area contributed by atoms with Gasteiger partial charge in [0.2, 0.25) is 5.95 Å². The zero-order valence-corrected chi connectivity index (χ0v) is 15.6. The first-order valence-corrected chi connectivity index (χ1v) is 9.48. The van der Waals surface area contributed by atoms with Crippen LogP contribution in [-0.4, -0.2) is 22.6 Å². The molecule has 1 aromatic heterocycles. The van der Waals surface area contributed by atoms with Crippen molar-refractivity contribution in [3.63, 3.8) is 0 Å². The molecule has 5 nitrogen and oxygen atoms in total. The van der Waals surface area contributed by atoms with Gasteiger partial charge >= 0.3 is 0 Å². The molecule has 136 valence electrons. The number of nitriles is 1. The number of hydrogen-bond donors (Lipinski definition) is 0. The van der Waals surface area contributed by atoms with E-state index in [0.717, 1.165) is 31.5 Å². The van der Waals surface area contributed by atoms with Crippen LogP contribution in [0.15, 0.2) is 47.3 Å². The quantitative estimate of drug-likeness (QED) is 0.692. The Morgan fingerprint density at radius 1 is 1.11 bits per heavy atom. The third-order valence-corrected chi connectivity index (χ3v) is 5.24. The zero-order chi connectivity index (χ0) is 18.8. The van der Waals surface area contributed by atoms with Crippen molar-refractivity contribution in [3.05, 3.63) is 69.0 Å². The molecular formula is C21H19ClN4O. The summed E-state index contributed by atoms with van der Waals surface area (Å²) in [5.74, 6) is 0.669. The van der Waals surface area contributed by atoms with Crippen LogP contribution in [0.25, 0.3) is 10.9 Å². The molecule has 0 bridgehead atoms. The van der Waals surface area contributed by atoms with Crippen LogP contribution in [0.2, 0.25) is 5.02 Å². The molecule has 3 aromatic rings. The van der Waals surface area contributed by atoms with E-state index >= 15 is 0 Å². The second-order valence-electron chi connectivity index (χ2n) is 6.78. The zero-order valence-electron chi connectivity index (χ0n) is 14.9. The van der Waals surface area contributed by atoms with Gasteiger partial charge in [-0.1, -0.05) is 29.8 Å². The average molecular weight is 379 g/mol. The van der Waals surface area contributed by atoms with E-state index in [-0.39, 0.29) is 5.56 Å². The SMILES string of the molecule is N#Cc1ccccc1Cn1c(N2CCCCC2)nc2ccc(Cl)cc2c1=O. The highest BCUT2D eigenvalue weighted by atomic mass is 35.5. The van der Waals surface area contributed by atoms with E-state index in [1.54, 1.807) is 28.8 Å². The number of hydrogen-bond acceptors (Lipinski definition) is 4. The van der Waals surface area contributed by atoms with E-state index in [0.29, 0.717) is 34.0 Å². The summed E-state index contributed by atoms with van der Waals surface area (Å²) < 4.78 is 1.68. The fraction of sp³-hybridized carbons (Fsp3) is 0.286. The van der Waals surface area contributed by atoms with Crippen molar-refractivity contribution in [1.82, 2.24) is 9.55 Å². The van der Waals surface area contributed by atoms with Crippen molar-refractivity contribution in [1.29, 1.82) is 5.26 Å². The van der Waals surface area contributed by atoms with Crippen molar-refractivity contribution in [2.45, 2.75) is 25.8 Å². The molecule has 0 aliphatic carbocycles. The molecule has 1 aliphatic rings. The summed E-state index contributed by atoms with van der Waals surface area (Å²) in [5, 5.41) is 10.4. The maximum absolute atomic E-state index is 13.3. The Morgan fingerprint density at radius 3 is 2.67 bits per heavy atom. The molecular weight excluding hydrogens is 360 g/mol. The summed E-state index contributed by atoms with van der Waals surface area (Å²) in [6, 6.07) is 14.8. The molecule has 0 spiro atoms. The normalized spacial score (nSPS) is 14.3. The lowest BCUT2D eigenvalue weighted by atomic mass is 10.1. The summed E-state index contributed by atoms with van der Waals surface area (Å²) in [6.07, 6.45) is 3.37. The van der Waals surface area contributed by atoms with Crippen LogP contribution in [0.3, 0.4) is 0 Å². The van der Waals surface area contributed by atoms with Crippen LogP contribution >= 0.6 is 11.6 Å². The van der Waals surface area contributed by atoms with Crippen molar-refractivity contribution in [2.75, 3.05) is 18.0 Å². The monoisotopic (exact) mass is 378 g/mol. The van der Waals surface area contributed by atoms with Crippen LogP contribution in [0.1, 0.15) is 30.4 Å². The number of halogens is 1. The molecule has 0 atom stereocenters. The van der Waals surface area contributed by atoms with Gasteiger partial charge in [-0.3, -0.25) is 9.36 Å². The third kappa shape index (κ3) is 3.41. The van der Waals surface area contributed by atoms with Crippen molar-refractivity contribution in [2.24, 2.45) is 0 Å². The lowest BCUT2D eigenvalue weighted by Crippen LogP contribution is -2.36. The standard InChI is InChI=1S/C21H19ClN4O/c22-17-8-9-19-18(12-17)20(27)26(14-16-7-3-2-6-15(16)13-23)21(24-19)25-10-4-1-5-11-25/h2-3,6-9,12H,1,4-5,10-11,14H2. The molecule has 0 radical (unpaired) electrons. The molecule has 0 amide bonds. The molecule has 1 saturated heterocycles. The smallest absolute Gasteiger partial charge is 0.263 e. The number of fused-ring (bicyclic) bond motifs is 1. The highest BCUT2D eigenvalue weighted by Gasteiger charge is 2.20. The van der Waals surface area contributed by atoms with E-state index in [1.807, 2.05) is 18.2 Å². The summed E-state index contributed by atoms with van der Waals surface area (Å²) in [7, 11) is 0. The number of anilines is 1. The second kappa shape index (κ2) is 7.42. The molecule has 4 rings (SSSR count). The lowest BCUT2D eigenvalue weighted by molar-refractivity contribution is 0.553. The number of nitrogens with zero attached hydrogens (tertiary/aromatic N) is 4. The number of benzene rings is 2. The molecule has 0 N–H and O–H groups in total. The molecule has 0 unspecified atom stereocenters. The van der Waals surface area contributed by atoms with Gasteiger partial charge in [0, 0.05) is 18.1 Å². The fourth-order valence-corrected chi connectivity index (χ4v) is 3.77. The average Bonchev–Trinajstić information content (AvgIpc) is 2.71. The Bertz CT molecular complexity index is 1090. The van der Waals surface area contributed by atoms with Crippen LogP contribution in [-0.2, 0) is 6.54 Å². The van der Waals surface area contributed by atoms with Crippen LogP contribution in [0.4, 0.5) is 5.95 Å². The number of aromatic nitrogens is 2. The van der Waals surface area contributed by atoms with Gasteiger partial charge < -0.3 is 4.90 Å². The Labute approximate surface area is 162 Å². The first kappa shape index (κ1) is 17.6. The minimum Gasteiger partial charge on any atom is -0.342 e. The molecule has 2 aromatic carbocycles. The summed E-state index contributed by atoms with van der Waals surface area (Å²) in [4.78, 5) is 20.3. The maximum Gasteiger partial charge on any atom is 0.263 e. The Hall–Kier alpha value is -2.84. The fourth-order valence-electron chi connectivity index (χ4n) is 3.60. The first-order valence-electron chi connectivity index (χ1n) is 9.10. The number of rotatable bonds is 3. The molecule has 6 heteroatoms. The first-order chi connectivity index (χ1) is 13.2. The van der Waals surface area contributed by atoms with Crippen LogP contribution in [0.5, 0.6) is 0 Å². The summed E-state index contributed by atoms with van der Waals surface area (Å²) >= 11 is 6.11. The predicted octanol–water partition coefficient (Wildman–Crippen LogP) is 3.96. The largest absolute Gasteiger partial charge is 0.342 e. The molecule has 1 aliphatic heterocycles. The number of piperidine rings is 1. The van der Waals surface area contributed by atoms with Gasteiger partial charge in [-0.2, -0.15) is 5.26 Å². The highest BCUT2D eigenvalue weighted by Crippen LogP contribution is 2.23. The minimum absolute atomic E-state index is 0.129. The topological polar surface area (TPSA) is 61.9 Å². The van der Waals surface area contributed by atoms with Crippen molar-refractivity contribution < 1.29 is 0 Å². The van der Waals surface area contributed by atoms with Gasteiger partial charge in [-0.05, 0) is 49.1 Å². The minimum atomic E-state index is -0.129. The van der Waals surface area contributed by atoms with Crippen molar-refractivity contribution >= 4 is 28.5 Å². The molecule has 2 heterocycles. The van der Waals surface area contributed by atoms with Gasteiger partial charge in [0.25, 0.3) is 5.56 Å². The molecule has 1 fully saturated rings. The molecule has 0 saturated carbocycles. The maximum atomic E-state index is 13.3. The highest BCUT2D eigenvalue weighted by molar-refractivity contribution is 6.31. The van der Waals surface area contributed by atoms with E-state index < -0.39 is 0 Å².